The fourth-order valence-electron chi connectivity index (χ4n) is 8.09. The molecule has 2 unspecified atom stereocenters. The minimum atomic E-state index is -0.287. The highest BCUT2D eigenvalue weighted by atomic mass is 35.5. The van der Waals surface area contributed by atoms with Crippen molar-refractivity contribution in [2.75, 3.05) is 39.3 Å². The lowest BCUT2D eigenvalue weighted by atomic mass is 10.0. The van der Waals surface area contributed by atoms with Crippen molar-refractivity contribution in [2.24, 2.45) is 17.4 Å². The van der Waals surface area contributed by atoms with Gasteiger partial charge in [0.05, 0.1) is 6.04 Å². The molecule has 10 heteroatoms. The van der Waals surface area contributed by atoms with Crippen LogP contribution < -0.4 is 27.4 Å². The summed E-state index contributed by atoms with van der Waals surface area (Å²) in [4.78, 5) is 31.6. The summed E-state index contributed by atoms with van der Waals surface area (Å²) in [7, 11) is 0. The van der Waals surface area contributed by atoms with Gasteiger partial charge in [-0.1, -0.05) is 111 Å². The molecule has 0 aromatic heterocycles. The van der Waals surface area contributed by atoms with Gasteiger partial charge in [0.15, 0.2) is 0 Å². The van der Waals surface area contributed by atoms with Crippen LogP contribution in [0.3, 0.4) is 0 Å². The lowest BCUT2D eigenvalue weighted by Gasteiger charge is -2.42. The summed E-state index contributed by atoms with van der Waals surface area (Å²) in [6, 6.07) is 31.2. The van der Waals surface area contributed by atoms with Crippen molar-refractivity contribution < 1.29 is 9.59 Å². The molecule has 0 saturated carbocycles. The van der Waals surface area contributed by atoms with E-state index in [0.29, 0.717) is 32.1 Å². The largest absolute Gasteiger partial charge is 0.335 e. The molecule has 2 amide bonds. The lowest BCUT2D eigenvalue weighted by Crippen LogP contribution is -2.61. The molecule has 0 aliphatic carbocycles. The van der Waals surface area contributed by atoms with Crippen LogP contribution in [0.5, 0.6) is 0 Å². The topological polar surface area (TPSA) is 129 Å². The van der Waals surface area contributed by atoms with E-state index in [0.717, 1.165) is 70.0 Å². The van der Waals surface area contributed by atoms with Gasteiger partial charge in [0.25, 0.3) is 0 Å². The van der Waals surface area contributed by atoms with Gasteiger partial charge >= 0.3 is 0 Å². The van der Waals surface area contributed by atoms with Crippen LogP contribution in [-0.2, 0) is 22.4 Å². The fourth-order valence-corrected chi connectivity index (χ4v) is 8.09. The molecular weight excluding hydrogens is 706 g/mol. The molecule has 3 aromatic carbocycles. The van der Waals surface area contributed by atoms with Crippen molar-refractivity contribution in [1.82, 2.24) is 25.8 Å². The minimum absolute atomic E-state index is 0. The second kappa shape index (κ2) is 23.5. The van der Waals surface area contributed by atoms with Gasteiger partial charge < -0.3 is 37.2 Å². The Bertz CT molecular complexity index is 1550. The van der Waals surface area contributed by atoms with Crippen LogP contribution in [0.4, 0.5) is 0 Å². The normalized spacial score (nSPS) is 18.9. The fraction of sp³-hybridized carbons (Fsp3) is 0.511. The van der Waals surface area contributed by atoms with Crippen LogP contribution in [0, 0.1) is 5.92 Å². The highest BCUT2D eigenvalue weighted by Crippen LogP contribution is 2.31. The molecule has 0 radical (unpaired) electrons. The number of unbranched alkanes of at least 4 members (excludes halogenated alkanes) is 1. The van der Waals surface area contributed by atoms with E-state index in [1.165, 1.54) is 11.1 Å². The maximum atomic E-state index is 14.4. The summed E-state index contributed by atoms with van der Waals surface area (Å²) in [5, 5.41) is 11.4. The van der Waals surface area contributed by atoms with Crippen LogP contribution in [-0.4, -0.2) is 97.1 Å². The molecule has 9 nitrogen and oxygen atoms in total. The van der Waals surface area contributed by atoms with Crippen LogP contribution >= 0.6 is 12.4 Å². The number of hydrogen-bond donors (Lipinski definition) is 5. The first-order valence-electron chi connectivity index (χ1n) is 20.4. The summed E-state index contributed by atoms with van der Waals surface area (Å²) in [5.41, 5.74) is 16.1. The third kappa shape index (κ3) is 14.5. The third-order valence-corrected chi connectivity index (χ3v) is 10.9. The van der Waals surface area contributed by atoms with Crippen molar-refractivity contribution in [2.45, 2.75) is 101 Å². The van der Waals surface area contributed by atoms with Gasteiger partial charge in [-0.3, -0.25) is 9.59 Å². The Morgan fingerprint density at radius 2 is 1.33 bits per heavy atom. The molecule has 5 rings (SSSR count). The molecule has 2 aliphatic heterocycles. The van der Waals surface area contributed by atoms with Crippen molar-refractivity contribution in [3.8, 4) is 0 Å². The van der Waals surface area contributed by atoms with E-state index < -0.39 is 0 Å². The number of nitrogens with zero attached hydrogens (tertiary/aromatic N) is 2. The lowest BCUT2D eigenvalue weighted by molar-refractivity contribution is -0.143. The van der Waals surface area contributed by atoms with Gasteiger partial charge in [-0.25, -0.2) is 0 Å². The Labute approximate surface area is 336 Å². The Morgan fingerprint density at radius 3 is 1.93 bits per heavy atom. The first kappa shape index (κ1) is 44.1. The summed E-state index contributed by atoms with van der Waals surface area (Å²) < 4.78 is 0. The van der Waals surface area contributed by atoms with Crippen LogP contribution in [0.2, 0.25) is 0 Å². The number of nitrogens with two attached hydrogens (primary N) is 2. The first-order chi connectivity index (χ1) is 26.3. The van der Waals surface area contributed by atoms with Crippen LogP contribution in [0.15, 0.2) is 97.1 Å². The average molecular weight is 773 g/mol. The number of benzene rings is 3. The Morgan fingerprint density at radius 1 is 0.764 bits per heavy atom. The number of rotatable bonds is 22. The molecule has 6 atom stereocenters. The van der Waals surface area contributed by atoms with Crippen molar-refractivity contribution in [1.29, 1.82) is 0 Å². The standard InChI is InChI=1S/C45H65N7O2.ClH/c1-34(2)26-39(49-30-40(28-37-18-10-5-11-19-37)48-29-38(47)27-36-16-8-4-9-17-36)31-50-43(20-12-13-25-46)45(54)52-41-22-23-42(52)33-51(32-41)44(53)24-21-35-14-6-3-7-15-35;/h3-11,14-19,21,24,34,38-43,48-50H,12-13,20,22-23,25-33,46-47H2,1-2H3;1H/t38-,39-,40-,41?,42?,43-;/m1./s1. The van der Waals surface area contributed by atoms with Crippen LogP contribution in [0.1, 0.15) is 69.1 Å². The highest BCUT2D eigenvalue weighted by Gasteiger charge is 2.45. The smallest absolute Gasteiger partial charge is 0.246 e. The van der Waals surface area contributed by atoms with Crippen molar-refractivity contribution in [3.05, 3.63) is 114 Å². The number of amides is 2. The van der Waals surface area contributed by atoms with Crippen molar-refractivity contribution >= 4 is 30.3 Å². The minimum Gasteiger partial charge on any atom is -0.335 e. The van der Waals surface area contributed by atoms with Gasteiger partial charge in [-0.05, 0) is 80.2 Å². The SMILES string of the molecule is CC(C)C[C@H](CN[C@H](CCCCN)C(=O)N1C2CCC1CN(C(=O)C=Cc1ccccc1)C2)NC[C@@H](Cc1ccccc1)NC[C@H](N)Cc1ccccc1.Cl. The Balaban J connectivity index is 0.00000673. The third-order valence-electron chi connectivity index (χ3n) is 10.9. The molecule has 0 spiro atoms. The van der Waals surface area contributed by atoms with E-state index in [9.17, 15) is 9.59 Å². The summed E-state index contributed by atoms with van der Waals surface area (Å²) >= 11 is 0. The van der Waals surface area contributed by atoms with E-state index in [1.54, 1.807) is 6.08 Å². The summed E-state index contributed by atoms with van der Waals surface area (Å²) in [6.07, 6.45) is 10.7. The number of carbonyl (C=O) groups excluding carboxylic acids is 2. The van der Waals surface area contributed by atoms with Gasteiger partial charge in [0.2, 0.25) is 11.8 Å². The van der Waals surface area contributed by atoms with Gasteiger partial charge in [0, 0.05) is 69.0 Å². The molecule has 2 saturated heterocycles. The molecule has 2 aliphatic rings. The Kier molecular flexibility index (Phi) is 18.9. The quantitative estimate of drug-likeness (QED) is 0.0704. The van der Waals surface area contributed by atoms with Crippen molar-refractivity contribution in [3.63, 3.8) is 0 Å². The summed E-state index contributed by atoms with van der Waals surface area (Å²) in [5.74, 6) is 0.681. The molecular formula is C45H66ClN7O2. The Hall–Kier alpha value is -3.57. The van der Waals surface area contributed by atoms with E-state index in [-0.39, 0.29) is 60.5 Å². The molecule has 3 aromatic rings. The molecule has 2 heterocycles. The second-order valence-corrected chi connectivity index (χ2v) is 15.8. The number of nitrogens with one attached hydrogen (secondary N) is 3. The highest BCUT2D eigenvalue weighted by molar-refractivity contribution is 5.92. The number of likely N-dealkylation sites (tertiary alicyclic amines) is 1. The van der Waals surface area contributed by atoms with Gasteiger partial charge in [-0.15, -0.1) is 12.4 Å². The number of halogens is 1. The zero-order valence-electron chi connectivity index (χ0n) is 33.0. The second-order valence-electron chi connectivity index (χ2n) is 15.8. The zero-order chi connectivity index (χ0) is 38.1. The van der Waals surface area contributed by atoms with Crippen LogP contribution in [0.25, 0.3) is 6.08 Å². The summed E-state index contributed by atoms with van der Waals surface area (Å²) in [6.45, 7) is 8.51. The first-order valence-corrected chi connectivity index (χ1v) is 20.4. The predicted octanol–water partition coefficient (Wildman–Crippen LogP) is 5.19. The number of fused-ring (bicyclic) bond motifs is 2. The number of piperazine rings is 1. The molecule has 7 N–H and O–H groups in total. The molecule has 2 bridgehead atoms. The van der Waals surface area contributed by atoms with E-state index in [2.05, 4.69) is 89.3 Å². The molecule has 2 fully saturated rings. The van der Waals surface area contributed by atoms with Gasteiger partial charge in [-0.2, -0.15) is 0 Å². The maximum Gasteiger partial charge on any atom is 0.246 e. The van der Waals surface area contributed by atoms with Gasteiger partial charge in [0.1, 0.15) is 0 Å². The zero-order valence-corrected chi connectivity index (χ0v) is 33.8. The number of hydrogen-bond acceptors (Lipinski definition) is 7. The average Bonchev–Trinajstić information content (AvgIpc) is 3.45. The van der Waals surface area contributed by atoms with E-state index >= 15 is 0 Å². The predicted molar refractivity (Wildman–Crippen MR) is 229 cm³/mol. The monoisotopic (exact) mass is 771 g/mol. The van der Waals surface area contributed by atoms with E-state index in [1.807, 2.05) is 47.4 Å². The molecule has 55 heavy (non-hydrogen) atoms. The maximum absolute atomic E-state index is 14.4. The molecule has 300 valence electrons. The number of carbonyl (C=O) groups is 2. The van der Waals surface area contributed by atoms with E-state index in [4.69, 9.17) is 11.5 Å².